The van der Waals surface area contributed by atoms with E-state index in [1.165, 1.54) is 0 Å². The number of hydrogen-bond acceptors (Lipinski definition) is 3. The molecule has 0 aliphatic rings. The molecule has 0 aliphatic carbocycles. The number of carbonyl (C=O) groups excluding carboxylic acids is 2. The Morgan fingerprint density at radius 3 is 2.26 bits per heavy atom. The number of nitrogens with one attached hydrogen (secondary N) is 1. The van der Waals surface area contributed by atoms with Crippen LogP contribution < -0.4 is 40.0 Å². The van der Waals surface area contributed by atoms with Crippen LogP contribution in [0, 0.1) is 0 Å². The normalized spacial score (nSPS) is 12.6. The molecule has 27 heavy (non-hydrogen) atoms. The van der Waals surface area contributed by atoms with Crippen molar-refractivity contribution in [3.05, 3.63) is 83.9 Å². The van der Waals surface area contributed by atoms with E-state index in [9.17, 15) is 14.7 Å². The van der Waals surface area contributed by atoms with Gasteiger partial charge in [0.15, 0.2) is 0 Å². The molecule has 2 atom stereocenters. The zero-order chi connectivity index (χ0) is 18.5. The van der Waals surface area contributed by atoms with Gasteiger partial charge >= 0.3 is 29.6 Å². The molecule has 0 fully saturated rings. The minimum absolute atomic E-state index is 0. The van der Waals surface area contributed by atoms with Crippen molar-refractivity contribution in [2.75, 3.05) is 0 Å². The molecule has 5 heteroatoms. The van der Waals surface area contributed by atoms with Crippen molar-refractivity contribution in [1.29, 1.82) is 0 Å². The predicted octanol–water partition coefficient (Wildman–Crippen LogP) is -0.575. The fourth-order valence-electron chi connectivity index (χ4n) is 3.07. The Morgan fingerprint density at radius 2 is 1.56 bits per heavy atom. The summed E-state index contributed by atoms with van der Waals surface area (Å²) >= 11 is 0. The van der Waals surface area contributed by atoms with E-state index in [2.05, 4.69) is 5.32 Å². The van der Waals surface area contributed by atoms with Gasteiger partial charge < -0.3 is 15.2 Å². The largest absolute Gasteiger partial charge is 1.00 e. The number of amides is 1. The van der Waals surface area contributed by atoms with Gasteiger partial charge in [-0.25, -0.2) is 0 Å². The molecular formula is C22H20NNaO3. The molecule has 132 valence electrons. The van der Waals surface area contributed by atoms with Gasteiger partial charge in [-0.15, -0.1) is 0 Å². The number of rotatable bonds is 6. The van der Waals surface area contributed by atoms with Crippen LogP contribution in [0.2, 0.25) is 0 Å². The summed E-state index contributed by atoms with van der Waals surface area (Å²) in [6.07, 6.45) is 0.178. The summed E-state index contributed by atoms with van der Waals surface area (Å²) in [5.74, 6) is -2.05. The molecule has 4 nitrogen and oxygen atoms in total. The van der Waals surface area contributed by atoms with Crippen LogP contribution in [-0.2, 0) is 16.0 Å². The second-order valence-electron chi connectivity index (χ2n) is 6.35. The molecule has 3 aromatic rings. The number of carboxylic acids is 1. The van der Waals surface area contributed by atoms with Crippen molar-refractivity contribution in [2.24, 2.45) is 0 Å². The maximum absolute atomic E-state index is 12.5. The predicted molar refractivity (Wildman–Crippen MR) is 99.4 cm³/mol. The molecule has 0 heterocycles. The average molecular weight is 369 g/mol. The van der Waals surface area contributed by atoms with Gasteiger partial charge in [0, 0.05) is 0 Å². The first-order chi connectivity index (χ1) is 12.6. The number of carbonyl (C=O) groups is 2. The third kappa shape index (κ3) is 5.19. The maximum Gasteiger partial charge on any atom is 1.00 e. The molecule has 0 saturated carbocycles. The summed E-state index contributed by atoms with van der Waals surface area (Å²) in [6, 6.07) is 21.7. The zero-order valence-corrected chi connectivity index (χ0v) is 17.5. The van der Waals surface area contributed by atoms with E-state index < -0.39 is 17.9 Å². The number of hydrogen-bond donors (Lipinski definition) is 1. The molecule has 1 N–H and O–H groups in total. The first kappa shape index (κ1) is 21.2. The first-order valence-corrected chi connectivity index (χ1v) is 8.59. The van der Waals surface area contributed by atoms with Crippen LogP contribution in [0.25, 0.3) is 10.8 Å². The van der Waals surface area contributed by atoms with Crippen LogP contribution in [0.15, 0.2) is 72.8 Å². The minimum atomic E-state index is -1.29. The van der Waals surface area contributed by atoms with E-state index >= 15 is 0 Å². The van der Waals surface area contributed by atoms with E-state index in [1.807, 2.05) is 72.8 Å². The van der Waals surface area contributed by atoms with Gasteiger partial charge in [-0.2, -0.15) is 0 Å². The standard InChI is InChI=1S/C22H21NO3.Na/c1-15(16-8-3-2-4-9-16)21(24)23-20(22(25)26)14-18-12-7-11-17-10-5-6-13-19(17)18;/h2-13,15,20H,14H2,1H3,(H,23,24)(H,25,26);/q;+1/p-1. The van der Waals surface area contributed by atoms with E-state index in [0.717, 1.165) is 21.9 Å². The number of carboxylic acid groups (broad SMARTS) is 1. The topological polar surface area (TPSA) is 69.2 Å². The summed E-state index contributed by atoms with van der Waals surface area (Å²) in [7, 11) is 0. The van der Waals surface area contributed by atoms with Crippen molar-refractivity contribution >= 4 is 22.6 Å². The molecule has 0 saturated heterocycles. The smallest absolute Gasteiger partial charge is 0.548 e. The Balaban J connectivity index is 0.00000261. The van der Waals surface area contributed by atoms with Crippen LogP contribution in [0.5, 0.6) is 0 Å². The van der Waals surface area contributed by atoms with Gasteiger partial charge in [0.1, 0.15) is 0 Å². The SMILES string of the molecule is CC(C(=O)NC(Cc1cccc2ccccc12)C(=O)[O-])c1ccccc1.[Na+]. The summed E-state index contributed by atoms with van der Waals surface area (Å²) in [4.78, 5) is 24.1. The molecule has 1 amide bonds. The zero-order valence-electron chi connectivity index (χ0n) is 15.5. The molecule has 0 aliphatic heterocycles. The van der Waals surface area contributed by atoms with Crippen molar-refractivity contribution in [1.82, 2.24) is 5.32 Å². The number of benzene rings is 3. The summed E-state index contributed by atoms with van der Waals surface area (Å²) < 4.78 is 0. The number of aliphatic carboxylic acids is 1. The van der Waals surface area contributed by atoms with Crippen LogP contribution in [0.3, 0.4) is 0 Å². The number of fused-ring (bicyclic) bond motifs is 1. The van der Waals surface area contributed by atoms with E-state index in [0.29, 0.717) is 0 Å². The monoisotopic (exact) mass is 369 g/mol. The fraction of sp³-hybridized carbons (Fsp3) is 0.182. The van der Waals surface area contributed by atoms with Gasteiger partial charge in [-0.1, -0.05) is 72.8 Å². The first-order valence-electron chi connectivity index (χ1n) is 8.59. The Morgan fingerprint density at radius 1 is 0.926 bits per heavy atom. The van der Waals surface area contributed by atoms with Crippen LogP contribution in [-0.4, -0.2) is 17.9 Å². The van der Waals surface area contributed by atoms with Gasteiger partial charge in [0.05, 0.1) is 17.9 Å². The Kier molecular flexibility index (Phi) is 7.60. The van der Waals surface area contributed by atoms with Gasteiger partial charge in [-0.3, -0.25) is 4.79 Å². The second-order valence-corrected chi connectivity index (χ2v) is 6.35. The maximum atomic E-state index is 12.5. The molecule has 0 aromatic heterocycles. The third-order valence-corrected chi connectivity index (χ3v) is 4.60. The van der Waals surface area contributed by atoms with Crippen molar-refractivity contribution in [2.45, 2.75) is 25.3 Å². The molecule has 2 unspecified atom stereocenters. The third-order valence-electron chi connectivity index (χ3n) is 4.60. The molecule has 3 aromatic carbocycles. The molecule has 0 spiro atoms. The summed E-state index contributed by atoms with van der Waals surface area (Å²) in [6.45, 7) is 1.76. The molecule has 3 rings (SSSR count). The minimum Gasteiger partial charge on any atom is -0.548 e. The average Bonchev–Trinajstić information content (AvgIpc) is 2.67. The van der Waals surface area contributed by atoms with Gasteiger partial charge in [-0.05, 0) is 35.2 Å². The summed E-state index contributed by atoms with van der Waals surface area (Å²) in [5.41, 5.74) is 1.71. The van der Waals surface area contributed by atoms with E-state index in [-0.39, 0.29) is 41.9 Å². The quantitative estimate of drug-likeness (QED) is 0.592. The van der Waals surface area contributed by atoms with Crippen LogP contribution in [0.4, 0.5) is 0 Å². The van der Waals surface area contributed by atoms with E-state index in [1.54, 1.807) is 6.92 Å². The molecule has 0 bridgehead atoms. The Bertz CT molecular complexity index is 922. The van der Waals surface area contributed by atoms with Gasteiger partial charge in [0.25, 0.3) is 0 Å². The fourth-order valence-corrected chi connectivity index (χ4v) is 3.07. The van der Waals surface area contributed by atoms with Crippen LogP contribution >= 0.6 is 0 Å². The Labute approximate surface area is 180 Å². The summed E-state index contributed by atoms with van der Waals surface area (Å²) in [5, 5.41) is 16.2. The van der Waals surface area contributed by atoms with Crippen molar-refractivity contribution < 1.29 is 44.3 Å². The van der Waals surface area contributed by atoms with Gasteiger partial charge in [0.2, 0.25) is 5.91 Å². The molecular weight excluding hydrogens is 349 g/mol. The second kappa shape index (κ2) is 9.70. The van der Waals surface area contributed by atoms with E-state index in [4.69, 9.17) is 0 Å². The van der Waals surface area contributed by atoms with Crippen molar-refractivity contribution in [3.8, 4) is 0 Å². The van der Waals surface area contributed by atoms with Crippen LogP contribution in [0.1, 0.15) is 24.0 Å². The van der Waals surface area contributed by atoms with Crippen molar-refractivity contribution in [3.63, 3.8) is 0 Å². The Hall–Kier alpha value is -2.14. The molecule has 0 radical (unpaired) electrons.